The van der Waals surface area contributed by atoms with Gasteiger partial charge in [0, 0.05) is 12.2 Å². The first-order chi connectivity index (χ1) is 17.0. The van der Waals surface area contributed by atoms with Crippen molar-refractivity contribution in [2.75, 3.05) is 11.4 Å². The lowest BCUT2D eigenvalue weighted by Crippen LogP contribution is -2.19. The Bertz CT molecular complexity index is 1290. The molecule has 0 aliphatic heterocycles. The second-order valence-corrected chi connectivity index (χ2v) is 7.71. The first-order valence-corrected chi connectivity index (χ1v) is 11.2. The lowest BCUT2D eigenvalue weighted by Gasteiger charge is -2.21. The highest BCUT2D eigenvalue weighted by atomic mass is 35.5. The molecule has 0 atom stereocenters. The highest BCUT2D eigenvalue weighted by Gasteiger charge is 2.20. The minimum Gasteiger partial charge on any atom is -0.423 e. The Morgan fingerprint density at radius 1 is 0.714 bits per heavy atom. The van der Waals surface area contributed by atoms with Crippen molar-refractivity contribution < 1.29 is 19.1 Å². The van der Waals surface area contributed by atoms with Crippen molar-refractivity contribution in [1.29, 1.82) is 0 Å². The molecule has 3 aromatic carbocycles. The summed E-state index contributed by atoms with van der Waals surface area (Å²) in [5, 5.41) is -1.39. The number of anilines is 2. The van der Waals surface area contributed by atoms with Crippen LogP contribution >= 0.6 is 23.2 Å². The molecule has 0 aliphatic carbocycles. The summed E-state index contributed by atoms with van der Waals surface area (Å²) in [5.74, 6) is 0.549. The number of carbonyl (C=O) groups excluding carboxylic acids is 2. The van der Waals surface area contributed by atoms with Gasteiger partial charge in [0.05, 0.1) is 11.1 Å². The van der Waals surface area contributed by atoms with Crippen LogP contribution < -0.4 is 14.4 Å². The van der Waals surface area contributed by atoms with Gasteiger partial charge in [-0.2, -0.15) is 9.97 Å². The molecular weight excluding hydrogens is 491 g/mol. The minimum atomic E-state index is -0.694. The van der Waals surface area contributed by atoms with Crippen molar-refractivity contribution in [2.24, 2.45) is 0 Å². The number of benzene rings is 3. The van der Waals surface area contributed by atoms with E-state index in [-0.39, 0.29) is 40.6 Å². The van der Waals surface area contributed by atoms with Gasteiger partial charge < -0.3 is 14.4 Å². The Labute approximate surface area is 211 Å². The number of carbonyl (C=O) groups is 2. The SMILES string of the molecule is CCN(c1ccccc1)c1nc(Oc2ccccc2C(=O)Cl)nc(Oc2ccccc2C(=O)Cl)n1. The number of aromatic nitrogens is 3. The largest absolute Gasteiger partial charge is 0.423 e. The summed E-state index contributed by atoms with van der Waals surface area (Å²) >= 11 is 11.4. The van der Waals surface area contributed by atoms with E-state index in [9.17, 15) is 9.59 Å². The van der Waals surface area contributed by atoms with Crippen molar-refractivity contribution in [3.05, 3.63) is 90.0 Å². The van der Waals surface area contributed by atoms with Gasteiger partial charge in [-0.3, -0.25) is 9.59 Å². The zero-order valence-electron chi connectivity index (χ0n) is 18.4. The summed E-state index contributed by atoms with van der Waals surface area (Å²) in [6.45, 7) is 2.45. The van der Waals surface area contributed by atoms with Gasteiger partial charge in [0.15, 0.2) is 0 Å². The lowest BCUT2D eigenvalue weighted by molar-refractivity contribution is 0.107. The van der Waals surface area contributed by atoms with Gasteiger partial charge in [-0.05, 0) is 66.5 Å². The van der Waals surface area contributed by atoms with Crippen molar-refractivity contribution >= 4 is 45.3 Å². The second-order valence-electron chi connectivity index (χ2n) is 7.02. The smallest absolute Gasteiger partial charge is 0.330 e. The van der Waals surface area contributed by atoms with Crippen molar-refractivity contribution in [3.8, 4) is 23.5 Å². The van der Waals surface area contributed by atoms with Gasteiger partial charge >= 0.3 is 12.0 Å². The molecule has 8 nitrogen and oxygen atoms in total. The van der Waals surface area contributed by atoms with Crippen LogP contribution in [0.5, 0.6) is 23.5 Å². The number of hydrogen-bond donors (Lipinski definition) is 0. The highest BCUT2D eigenvalue weighted by Crippen LogP contribution is 2.31. The topological polar surface area (TPSA) is 94.5 Å². The van der Waals surface area contributed by atoms with Crippen molar-refractivity contribution in [2.45, 2.75) is 6.92 Å². The molecule has 1 heterocycles. The zero-order chi connectivity index (χ0) is 24.8. The number of para-hydroxylation sites is 3. The van der Waals surface area contributed by atoms with Gasteiger partial charge in [-0.1, -0.05) is 42.5 Å². The maximum Gasteiger partial charge on any atom is 0.330 e. The molecule has 0 radical (unpaired) electrons. The van der Waals surface area contributed by atoms with Crippen LogP contribution in [0.2, 0.25) is 0 Å². The number of nitrogens with zero attached hydrogens (tertiary/aromatic N) is 4. The summed E-state index contributed by atoms with van der Waals surface area (Å²) in [7, 11) is 0. The summed E-state index contributed by atoms with van der Waals surface area (Å²) < 4.78 is 11.7. The third kappa shape index (κ3) is 5.74. The molecule has 0 fully saturated rings. The predicted molar refractivity (Wildman–Crippen MR) is 132 cm³/mol. The Hall–Kier alpha value is -4.01. The zero-order valence-corrected chi connectivity index (χ0v) is 19.9. The molecule has 0 unspecified atom stereocenters. The van der Waals surface area contributed by atoms with Crippen LogP contribution in [-0.4, -0.2) is 32.0 Å². The van der Waals surface area contributed by atoms with Gasteiger partial charge in [-0.15, -0.1) is 4.98 Å². The van der Waals surface area contributed by atoms with Crippen molar-refractivity contribution in [1.82, 2.24) is 15.0 Å². The molecule has 4 aromatic rings. The Balaban J connectivity index is 1.80. The molecule has 0 saturated heterocycles. The number of hydrogen-bond acceptors (Lipinski definition) is 8. The number of rotatable bonds is 9. The van der Waals surface area contributed by atoms with E-state index in [2.05, 4.69) is 15.0 Å². The Morgan fingerprint density at radius 2 is 1.17 bits per heavy atom. The maximum absolute atomic E-state index is 11.8. The Morgan fingerprint density at radius 3 is 1.63 bits per heavy atom. The fraction of sp³-hybridized carbons (Fsp3) is 0.0800. The molecule has 0 N–H and O–H groups in total. The molecule has 176 valence electrons. The summed E-state index contributed by atoms with van der Waals surface area (Å²) in [5.41, 5.74) is 1.12. The molecular formula is C25H18Cl2N4O4. The van der Waals surface area contributed by atoms with Crippen LogP contribution in [-0.2, 0) is 0 Å². The van der Waals surface area contributed by atoms with E-state index >= 15 is 0 Å². The fourth-order valence-corrected chi connectivity index (χ4v) is 3.53. The summed E-state index contributed by atoms with van der Waals surface area (Å²) in [6.07, 6.45) is 0. The van der Waals surface area contributed by atoms with E-state index in [0.29, 0.717) is 6.54 Å². The number of ether oxygens (including phenoxy) is 2. The molecule has 1 aromatic heterocycles. The van der Waals surface area contributed by atoms with Crippen LogP contribution in [0.25, 0.3) is 0 Å². The molecule has 35 heavy (non-hydrogen) atoms. The molecule has 0 spiro atoms. The van der Waals surface area contributed by atoms with E-state index in [0.717, 1.165) is 5.69 Å². The predicted octanol–water partition coefficient (Wildman–Crippen LogP) is 6.37. The van der Waals surface area contributed by atoms with Crippen LogP contribution in [0.3, 0.4) is 0 Å². The van der Waals surface area contributed by atoms with Crippen LogP contribution in [0.4, 0.5) is 11.6 Å². The van der Waals surface area contributed by atoms with E-state index < -0.39 is 10.5 Å². The third-order valence-electron chi connectivity index (χ3n) is 4.81. The monoisotopic (exact) mass is 508 g/mol. The first-order valence-electron chi connectivity index (χ1n) is 10.5. The van der Waals surface area contributed by atoms with Crippen LogP contribution in [0.1, 0.15) is 27.6 Å². The van der Waals surface area contributed by atoms with E-state index in [4.69, 9.17) is 32.7 Å². The Kier molecular flexibility index (Phi) is 7.54. The molecule has 0 aliphatic rings. The third-order valence-corrected chi connectivity index (χ3v) is 5.22. The first kappa shape index (κ1) is 24.1. The van der Waals surface area contributed by atoms with E-state index in [1.165, 1.54) is 12.1 Å². The fourth-order valence-electron chi connectivity index (χ4n) is 3.22. The second kappa shape index (κ2) is 10.9. The maximum atomic E-state index is 11.8. The molecule has 0 saturated carbocycles. The molecule has 0 bridgehead atoms. The molecule has 4 rings (SSSR count). The quantitative estimate of drug-likeness (QED) is 0.240. The highest BCUT2D eigenvalue weighted by molar-refractivity contribution is 6.68. The van der Waals surface area contributed by atoms with Crippen molar-refractivity contribution in [3.63, 3.8) is 0 Å². The standard InChI is InChI=1S/C25H18Cl2N4O4/c1-2-31(16-10-4-3-5-11-16)23-28-24(34-19-14-8-6-12-17(19)21(26)32)30-25(29-23)35-20-15-9-7-13-18(20)22(27)33/h3-15H,2H2,1H3. The lowest BCUT2D eigenvalue weighted by atomic mass is 10.2. The van der Waals surface area contributed by atoms with Gasteiger partial charge in [0.25, 0.3) is 10.5 Å². The number of halogens is 2. The van der Waals surface area contributed by atoms with Crippen LogP contribution in [0, 0.1) is 0 Å². The van der Waals surface area contributed by atoms with Gasteiger partial charge in [-0.25, -0.2) is 0 Å². The average molecular weight is 509 g/mol. The minimum absolute atomic E-state index is 0.139. The van der Waals surface area contributed by atoms with Gasteiger partial charge in [0.1, 0.15) is 11.5 Å². The normalized spacial score (nSPS) is 10.5. The van der Waals surface area contributed by atoms with E-state index in [1.807, 2.05) is 42.2 Å². The molecule has 0 amide bonds. The van der Waals surface area contributed by atoms with Gasteiger partial charge in [0.2, 0.25) is 5.95 Å². The van der Waals surface area contributed by atoms with Crippen LogP contribution in [0.15, 0.2) is 78.9 Å². The average Bonchev–Trinajstić information content (AvgIpc) is 2.85. The summed E-state index contributed by atoms with van der Waals surface area (Å²) in [6, 6.07) is 22.0. The summed E-state index contributed by atoms with van der Waals surface area (Å²) in [4.78, 5) is 38.6. The van der Waals surface area contributed by atoms with E-state index in [1.54, 1.807) is 36.4 Å². The molecule has 10 heteroatoms.